The molecule has 1 saturated heterocycles. The molecule has 1 unspecified atom stereocenters. The van der Waals surface area contributed by atoms with Gasteiger partial charge in [-0.05, 0) is 56.5 Å². The lowest BCUT2D eigenvalue weighted by atomic mass is 10.0. The highest BCUT2D eigenvalue weighted by molar-refractivity contribution is 5.96. The Morgan fingerprint density at radius 3 is 2.80 bits per heavy atom. The third-order valence-electron chi connectivity index (χ3n) is 7.30. The minimum absolute atomic E-state index is 0.0728. The number of nitrogens with zero attached hydrogens (tertiary/aromatic N) is 6. The molecule has 0 bridgehead atoms. The molecule has 230 valence electrons. The first kappa shape index (κ1) is 30.5. The molecule has 1 aromatic carbocycles. The van der Waals surface area contributed by atoms with E-state index in [9.17, 15) is 22.8 Å². The summed E-state index contributed by atoms with van der Waals surface area (Å²) in [5.41, 5.74) is 0.910. The lowest BCUT2D eigenvalue weighted by Gasteiger charge is -2.18. The van der Waals surface area contributed by atoms with Crippen LogP contribution in [0.15, 0.2) is 43.0 Å². The van der Waals surface area contributed by atoms with Crippen molar-refractivity contribution in [3.05, 3.63) is 59.8 Å². The van der Waals surface area contributed by atoms with Gasteiger partial charge in [-0.1, -0.05) is 6.92 Å². The lowest BCUT2D eigenvalue weighted by Crippen LogP contribution is -2.46. The van der Waals surface area contributed by atoms with Crippen molar-refractivity contribution in [2.75, 3.05) is 18.4 Å². The van der Waals surface area contributed by atoms with Crippen LogP contribution in [0.5, 0.6) is 0 Å². The molecule has 1 fully saturated rings. The fourth-order valence-corrected chi connectivity index (χ4v) is 5.14. The summed E-state index contributed by atoms with van der Waals surface area (Å²) in [4.78, 5) is 34.0. The Morgan fingerprint density at radius 2 is 2.09 bits per heavy atom. The summed E-state index contributed by atoms with van der Waals surface area (Å²) >= 11 is 0. The second kappa shape index (κ2) is 12.7. The predicted molar refractivity (Wildman–Crippen MR) is 155 cm³/mol. The van der Waals surface area contributed by atoms with E-state index < -0.39 is 11.9 Å². The first-order valence-electron chi connectivity index (χ1n) is 14.1. The maximum atomic E-state index is 13.8. The monoisotopic (exact) mass is 608 g/mol. The largest absolute Gasteiger partial charge is 0.435 e. The molecule has 1 aliphatic rings. The van der Waals surface area contributed by atoms with Crippen molar-refractivity contribution in [3.8, 4) is 17.3 Å². The number of carbonyl (C=O) groups is 2. The molecule has 4 heterocycles. The SMILES string of the molecule is CCc1cc(Nc2nccn3c(-c4cn(CC#N)nc4C(F)(F)F)cnc23)ccc1C(=O)NC(C)CNC(=O)[C@@H]1CCCN1. The van der Waals surface area contributed by atoms with Crippen molar-refractivity contribution in [1.82, 2.24) is 40.1 Å². The number of hydrogen-bond acceptors (Lipinski definition) is 8. The van der Waals surface area contributed by atoms with Crippen LogP contribution in [0, 0.1) is 11.3 Å². The molecule has 15 heteroatoms. The van der Waals surface area contributed by atoms with Crippen molar-refractivity contribution < 1.29 is 22.8 Å². The molecule has 4 aromatic rings. The van der Waals surface area contributed by atoms with Crippen LogP contribution in [0.2, 0.25) is 0 Å². The van der Waals surface area contributed by atoms with Gasteiger partial charge in [-0.2, -0.15) is 23.5 Å². The molecule has 2 amide bonds. The van der Waals surface area contributed by atoms with Gasteiger partial charge in [0, 0.05) is 42.4 Å². The highest BCUT2D eigenvalue weighted by Crippen LogP contribution is 2.37. The number of carbonyl (C=O) groups excluding carboxylic acids is 2. The van der Waals surface area contributed by atoms with Gasteiger partial charge in [0.25, 0.3) is 5.91 Å². The van der Waals surface area contributed by atoms with E-state index in [0.717, 1.165) is 29.6 Å². The smallest absolute Gasteiger partial charge is 0.353 e. The van der Waals surface area contributed by atoms with Gasteiger partial charge < -0.3 is 21.3 Å². The molecule has 5 rings (SSSR count). The number of benzene rings is 1. The lowest BCUT2D eigenvalue weighted by molar-refractivity contribution is -0.141. The molecular weight excluding hydrogens is 577 g/mol. The van der Waals surface area contributed by atoms with Gasteiger partial charge in [0.05, 0.1) is 29.6 Å². The van der Waals surface area contributed by atoms with Crippen LogP contribution < -0.4 is 21.3 Å². The normalized spacial score (nSPS) is 15.6. The maximum Gasteiger partial charge on any atom is 0.435 e. The van der Waals surface area contributed by atoms with Crippen LogP contribution in [-0.2, 0) is 23.9 Å². The zero-order valence-electron chi connectivity index (χ0n) is 24.1. The number of aromatic nitrogens is 5. The highest BCUT2D eigenvalue weighted by Gasteiger charge is 2.38. The van der Waals surface area contributed by atoms with Crippen molar-refractivity contribution in [3.63, 3.8) is 0 Å². The predicted octanol–water partition coefficient (Wildman–Crippen LogP) is 3.43. The molecule has 12 nitrogen and oxygen atoms in total. The van der Waals surface area contributed by atoms with Gasteiger partial charge in [0.1, 0.15) is 6.54 Å². The van der Waals surface area contributed by atoms with E-state index in [1.165, 1.54) is 29.2 Å². The van der Waals surface area contributed by atoms with E-state index in [-0.39, 0.29) is 53.2 Å². The van der Waals surface area contributed by atoms with Gasteiger partial charge in [-0.15, -0.1) is 0 Å². The minimum Gasteiger partial charge on any atom is -0.353 e. The maximum absolute atomic E-state index is 13.8. The number of amides is 2. The van der Waals surface area contributed by atoms with Crippen LogP contribution in [0.1, 0.15) is 48.3 Å². The number of halogens is 3. The summed E-state index contributed by atoms with van der Waals surface area (Å²) in [6.07, 6.45) is 2.95. The van der Waals surface area contributed by atoms with Crippen molar-refractivity contribution in [1.29, 1.82) is 5.26 Å². The van der Waals surface area contributed by atoms with E-state index in [1.54, 1.807) is 24.3 Å². The number of aryl methyl sites for hydroxylation is 1. The molecular formula is C29H31F3N10O2. The van der Waals surface area contributed by atoms with Gasteiger partial charge in [-0.25, -0.2) is 9.97 Å². The number of hydrogen-bond donors (Lipinski definition) is 4. The van der Waals surface area contributed by atoms with E-state index in [0.29, 0.717) is 24.2 Å². The van der Waals surface area contributed by atoms with Crippen LogP contribution in [-0.4, -0.2) is 61.1 Å². The Labute approximate surface area is 250 Å². The number of alkyl halides is 3. The van der Waals surface area contributed by atoms with Crippen LogP contribution >= 0.6 is 0 Å². The standard InChI is InChI=1S/C29H31F3N10O2/c1-3-18-13-19(6-7-20(18)27(43)38-17(2)14-37-28(44)22-5-4-9-34-22)39-25-26-36-15-23(42(26)12-10-35-25)21-16-41(11-8-33)40-24(21)29(30,31)32/h6-7,10,12-13,15-17,22,34H,3-5,9,11,14H2,1-2H3,(H,35,39)(H,37,44)(H,38,43)/t17?,22-/m0/s1. The van der Waals surface area contributed by atoms with Gasteiger partial charge >= 0.3 is 6.18 Å². The van der Waals surface area contributed by atoms with E-state index >= 15 is 0 Å². The zero-order valence-corrected chi connectivity index (χ0v) is 24.1. The summed E-state index contributed by atoms with van der Waals surface area (Å²) in [6.45, 7) is 4.52. The Balaban J connectivity index is 1.32. The number of nitrogens with one attached hydrogen (secondary N) is 4. The molecule has 4 N–H and O–H groups in total. The van der Waals surface area contributed by atoms with Gasteiger partial charge in [0.2, 0.25) is 5.91 Å². The zero-order chi connectivity index (χ0) is 31.4. The quantitative estimate of drug-likeness (QED) is 0.214. The number of fused-ring (bicyclic) bond motifs is 1. The van der Waals surface area contributed by atoms with Crippen molar-refractivity contribution in [2.45, 2.75) is 57.9 Å². The summed E-state index contributed by atoms with van der Waals surface area (Å²) < 4.78 is 43.7. The number of imidazole rings is 1. The minimum atomic E-state index is -4.74. The van der Waals surface area contributed by atoms with E-state index in [1.807, 2.05) is 13.8 Å². The summed E-state index contributed by atoms with van der Waals surface area (Å²) in [7, 11) is 0. The summed E-state index contributed by atoms with van der Waals surface area (Å²) in [5.74, 6) is -0.0573. The van der Waals surface area contributed by atoms with Gasteiger partial charge in [0.15, 0.2) is 17.2 Å². The van der Waals surface area contributed by atoms with Crippen molar-refractivity contribution in [2.24, 2.45) is 0 Å². The molecule has 0 spiro atoms. The van der Waals surface area contributed by atoms with Gasteiger partial charge in [-0.3, -0.25) is 18.7 Å². The summed E-state index contributed by atoms with van der Waals surface area (Å²) in [6, 6.07) is 6.49. The molecule has 44 heavy (non-hydrogen) atoms. The molecule has 0 aliphatic carbocycles. The topological polar surface area (TPSA) is 154 Å². The van der Waals surface area contributed by atoms with Crippen LogP contribution in [0.4, 0.5) is 24.7 Å². The second-order valence-corrected chi connectivity index (χ2v) is 10.5. The third-order valence-corrected chi connectivity index (χ3v) is 7.30. The summed E-state index contributed by atoms with van der Waals surface area (Å²) in [5, 5.41) is 24.6. The fourth-order valence-electron chi connectivity index (χ4n) is 5.14. The highest BCUT2D eigenvalue weighted by atomic mass is 19.4. The van der Waals surface area contributed by atoms with Crippen LogP contribution in [0.25, 0.3) is 16.9 Å². The number of nitriles is 1. The van der Waals surface area contributed by atoms with Crippen molar-refractivity contribution >= 4 is 29.0 Å². The number of rotatable bonds is 10. The average molecular weight is 609 g/mol. The van der Waals surface area contributed by atoms with E-state index in [2.05, 4.69) is 36.3 Å². The molecule has 0 radical (unpaired) electrons. The van der Waals surface area contributed by atoms with E-state index in [4.69, 9.17) is 5.26 Å². The fraction of sp³-hybridized carbons (Fsp3) is 0.379. The Hall–Kier alpha value is -4.97. The first-order chi connectivity index (χ1) is 21.1. The number of anilines is 2. The molecule has 0 saturated carbocycles. The Morgan fingerprint density at radius 1 is 1.27 bits per heavy atom. The first-order valence-corrected chi connectivity index (χ1v) is 14.1. The second-order valence-electron chi connectivity index (χ2n) is 10.5. The average Bonchev–Trinajstić information content (AvgIpc) is 3.76. The molecule has 1 aliphatic heterocycles. The van der Waals surface area contributed by atoms with Crippen LogP contribution in [0.3, 0.4) is 0 Å². The Kier molecular flexibility index (Phi) is 8.81. The molecule has 2 atom stereocenters. The third kappa shape index (κ3) is 6.50. The molecule has 3 aromatic heterocycles. The Bertz CT molecular complexity index is 1720.